The van der Waals surface area contributed by atoms with Gasteiger partial charge in [-0.25, -0.2) is 9.59 Å². The number of rotatable bonds is 16. The lowest BCUT2D eigenvalue weighted by Crippen LogP contribution is -2.56. The number of aliphatic hydroxyl groups excluding tert-OH is 1. The molecule has 4 atom stereocenters. The van der Waals surface area contributed by atoms with Crippen LogP contribution in [0.25, 0.3) is 0 Å². The van der Waals surface area contributed by atoms with Crippen molar-refractivity contribution in [3.63, 3.8) is 0 Å². The zero-order chi connectivity index (χ0) is 33.4. The van der Waals surface area contributed by atoms with Gasteiger partial charge in [0.1, 0.15) is 19.3 Å². The van der Waals surface area contributed by atoms with Crippen molar-refractivity contribution in [3.8, 4) is 0 Å². The monoisotopic (exact) mass is 659 g/mol. The van der Waals surface area contributed by atoms with E-state index in [1.165, 1.54) is 11.3 Å². The zero-order valence-electron chi connectivity index (χ0n) is 26.5. The van der Waals surface area contributed by atoms with Gasteiger partial charge in [-0.05, 0) is 48.4 Å². The molecule has 0 aliphatic rings. The molecule has 0 bridgehead atoms. The van der Waals surface area contributed by atoms with Gasteiger partial charge in [0, 0.05) is 18.4 Å². The third kappa shape index (κ3) is 12.1. The quantitative estimate of drug-likeness (QED) is 0.134. The Kier molecular flexibility index (Phi) is 13.7. The van der Waals surface area contributed by atoms with Crippen molar-refractivity contribution in [2.45, 2.75) is 70.6 Å². The van der Waals surface area contributed by atoms with E-state index in [1.807, 2.05) is 74.5 Å². The smallest absolute Gasteiger partial charge is 0.408 e. The molecular weight excluding hydrogens is 618 g/mol. The SMILES string of the molecule is CC(C)[C@H](NC(=O)OCc1ccccn1)C(=O)N[C@@H](Cc1ccccc1)[C@@H](O)C[C@H](Cc1ccccc1)NC(=O)OCc1cncs1. The fraction of sp³-hybridized carbons (Fsp3) is 0.343. The second kappa shape index (κ2) is 18.4. The Hall–Kier alpha value is -4.81. The van der Waals surface area contributed by atoms with Gasteiger partial charge in [0.05, 0.1) is 28.2 Å². The molecule has 2 heterocycles. The van der Waals surface area contributed by atoms with E-state index in [1.54, 1.807) is 36.1 Å². The predicted octanol–water partition coefficient (Wildman–Crippen LogP) is 4.81. The Morgan fingerprint density at radius 2 is 1.45 bits per heavy atom. The standard InChI is InChI=1S/C35H41N5O6S/c1-24(2)32(40-35(44)45-21-27-15-9-10-16-37-27)33(42)39-30(18-26-13-7-4-8-14-26)31(41)19-28(17-25-11-5-3-6-12-25)38-34(43)46-22-29-20-36-23-47-29/h3-16,20,23-24,28,30-32,41H,17-19,21-22H2,1-2H3,(H,38,43)(H,39,42)(H,40,44)/t28-,30-,31-,32-/m0/s1. The normalized spacial score (nSPS) is 13.5. The van der Waals surface area contributed by atoms with E-state index in [0.717, 1.165) is 16.0 Å². The van der Waals surface area contributed by atoms with Crippen molar-refractivity contribution in [3.05, 3.63) is 118 Å². The van der Waals surface area contributed by atoms with Crippen LogP contribution in [0.2, 0.25) is 0 Å². The molecule has 0 fully saturated rings. The summed E-state index contributed by atoms with van der Waals surface area (Å²) in [5.74, 6) is -0.751. The van der Waals surface area contributed by atoms with Crippen molar-refractivity contribution >= 4 is 29.4 Å². The Morgan fingerprint density at radius 3 is 2.06 bits per heavy atom. The van der Waals surface area contributed by atoms with E-state index < -0.39 is 42.3 Å². The first-order valence-corrected chi connectivity index (χ1v) is 16.3. The maximum atomic E-state index is 13.7. The summed E-state index contributed by atoms with van der Waals surface area (Å²) in [6.45, 7) is 3.65. The number of carbonyl (C=O) groups excluding carboxylic acids is 3. The fourth-order valence-corrected chi connectivity index (χ4v) is 5.46. The summed E-state index contributed by atoms with van der Waals surface area (Å²) < 4.78 is 10.7. The van der Waals surface area contributed by atoms with Crippen molar-refractivity contribution < 1.29 is 29.0 Å². The molecular formula is C35H41N5O6S. The van der Waals surface area contributed by atoms with Crippen molar-refractivity contribution in [2.75, 3.05) is 0 Å². The van der Waals surface area contributed by atoms with Crippen molar-refractivity contribution in [1.82, 2.24) is 25.9 Å². The van der Waals surface area contributed by atoms with Crippen LogP contribution >= 0.6 is 11.3 Å². The Balaban J connectivity index is 1.45. The highest BCUT2D eigenvalue weighted by molar-refractivity contribution is 7.09. The van der Waals surface area contributed by atoms with Gasteiger partial charge in [0.25, 0.3) is 0 Å². The third-order valence-corrected chi connectivity index (χ3v) is 8.15. The number of aliphatic hydroxyl groups is 1. The van der Waals surface area contributed by atoms with Gasteiger partial charge in [-0.2, -0.15) is 0 Å². The van der Waals surface area contributed by atoms with Crippen LogP contribution in [0.5, 0.6) is 0 Å². The molecule has 3 amide bonds. The van der Waals surface area contributed by atoms with Crippen LogP contribution in [-0.4, -0.2) is 57.4 Å². The molecule has 4 rings (SSSR count). The summed E-state index contributed by atoms with van der Waals surface area (Å²) in [4.78, 5) is 48.1. The first kappa shape index (κ1) is 35.1. The largest absolute Gasteiger partial charge is 0.444 e. The molecule has 248 valence electrons. The molecule has 2 aromatic carbocycles. The van der Waals surface area contributed by atoms with Crippen LogP contribution < -0.4 is 16.0 Å². The zero-order valence-corrected chi connectivity index (χ0v) is 27.3. The maximum absolute atomic E-state index is 13.7. The minimum atomic E-state index is -1.07. The Labute approximate surface area is 278 Å². The number of thiazole rings is 1. The van der Waals surface area contributed by atoms with Crippen LogP contribution in [0.4, 0.5) is 9.59 Å². The van der Waals surface area contributed by atoms with Crippen LogP contribution in [0.1, 0.15) is 42.0 Å². The van der Waals surface area contributed by atoms with E-state index in [-0.39, 0.29) is 25.6 Å². The minimum absolute atomic E-state index is 0.0447. The highest BCUT2D eigenvalue weighted by atomic mass is 32.1. The van der Waals surface area contributed by atoms with E-state index in [0.29, 0.717) is 18.5 Å². The third-order valence-electron chi connectivity index (χ3n) is 7.39. The van der Waals surface area contributed by atoms with Gasteiger partial charge in [-0.1, -0.05) is 80.6 Å². The molecule has 0 radical (unpaired) electrons. The number of alkyl carbamates (subject to hydrolysis) is 2. The molecule has 0 aliphatic carbocycles. The molecule has 0 saturated carbocycles. The molecule has 0 unspecified atom stereocenters. The Bertz CT molecular complexity index is 1510. The molecule has 12 heteroatoms. The van der Waals surface area contributed by atoms with E-state index in [2.05, 4.69) is 25.9 Å². The minimum Gasteiger partial charge on any atom is -0.444 e. The summed E-state index contributed by atoms with van der Waals surface area (Å²) in [6.07, 6.45) is 1.66. The molecule has 4 N–H and O–H groups in total. The predicted molar refractivity (Wildman–Crippen MR) is 178 cm³/mol. The fourth-order valence-electron chi connectivity index (χ4n) is 4.96. The van der Waals surface area contributed by atoms with Gasteiger partial charge in [0.2, 0.25) is 5.91 Å². The number of nitrogens with zero attached hydrogens (tertiary/aromatic N) is 2. The number of aromatic nitrogens is 2. The van der Waals surface area contributed by atoms with Gasteiger partial charge in [-0.15, -0.1) is 11.3 Å². The van der Waals surface area contributed by atoms with Gasteiger partial charge in [-0.3, -0.25) is 14.8 Å². The van der Waals surface area contributed by atoms with Gasteiger partial charge >= 0.3 is 12.2 Å². The molecule has 47 heavy (non-hydrogen) atoms. The summed E-state index contributed by atoms with van der Waals surface area (Å²) in [5, 5.41) is 20.2. The van der Waals surface area contributed by atoms with Crippen LogP contribution in [-0.2, 0) is 40.3 Å². The average Bonchev–Trinajstić information content (AvgIpc) is 3.60. The summed E-state index contributed by atoms with van der Waals surface area (Å²) in [5.41, 5.74) is 4.10. The number of amides is 3. The molecule has 11 nitrogen and oxygen atoms in total. The van der Waals surface area contributed by atoms with E-state index in [4.69, 9.17) is 9.47 Å². The second-order valence-electron chi connectivity index (χ2n) is 11.4. The maximum Gasteiger partial charge on any atom is 0.408 e. The van der Waals surface area contributed by atoms with E-state index >= 15 is 0 Å². The summed E-state index contributed by atoms with van der Waals surface area (Å²) >= 11 is 1.38. The number of pyridine rings is 1. The van der Waals surface area contributed by atoms with Gasteiger partial charge in [0.15, 0.2) is 0 Å². The lowest BCUT2D eigenvalue weighted by atomic mass is 9.93. The van der Waals surface area contributed by atoms with Crippen LogP contribution in [0.15, 0.2) is 96.8 Å². The first-order chi connectivity index (χ1) is 22.8. The van der Waals surface area contributed by atoms with Crippen molar-refractivity contribution in [1.29, 1.82) is 0 Å². The van der Waals surface area contributed by atoms with Crippen molar-refractivity contribution in [2.24, 2.45) is 5.92 Å². The second-order valence-corrected chi connectivity index (χ2v) is 12.4. The summed E-state index contributed by atoms with van der Waals surface area (Å²) in [7, 11) is 0. The van der Waals surface area contributed by atoms with Crippen LogP contribution in [0.3, 0.4) is 0 Å². The van der Waals surface area contributed by atoms with Gasteiger partial charge < -0.3 is 30.5 Å². The number of carbonyl (C=O) groups is 3. The molecule has 0 aliphatic heterocycles. The number of hydrogen-bond donors (Lipinski definition) is 4. The van der Waals surface area contributed by atoms with Crippen LogP contribution in [0, 0.1) is 5.92 Å². The first-order valence-electron chi connectivity index (χ1n) is 15.5. The highest BCUT2D eigenvalue weighted by Gasteiger charge is 2.31. The number of nitrogens with one attached hydrogen (secondary N) is 3. The van der Waals surface area contributed by atoms with E-state index in [9.17, 15) is 19.5 Å². The Morgan fingerprint density at radius 1 is 0.809 bits per heavy atom. The molecule has 4 aromatic rings. The number of benzene rings is 2. The topological polar surface area (TPSA) is 152 Å². The number of hydrogen-bond acceptors (Lipinski definition) is 9. The lowest BCUT2D eigenvalue weighted by molar-refractivity contribution is -0.125. The molecule has 0 saturated heterocycles. The average molecular weight is 660 g/mol. The highest BCUT2D eigenvalue weighted by Crippen LogP contribution is 2.16. The molecule has 2 aromatic heterocycles. The molecule has 0 spiro atoms. The summed E-state index contributed by atoms with van der Waals surface area (Å²) in [6, 6.07) is 22.2. The lowest BCUT2D eigenvalue weighted by Gasteiger charge is -2.30. The number of ether oxygens (including phenoxy) is 2.